The van der Waals surface area contributed by atoms with Crippen LogP contribution in [-0.2, 0) is 0 Å². The first-order chi connectivity index (χ1) is 8.06. The Morgan fingerprint density at radius 2 is 1.65 bits per heavy atom. The zero-order valence-corrected chi connectivity index (χ0v) is 9.90. The molecule has 0 unspecified atom stereocenters. The highest BCUT2D eigenvalue weighted by atomic mass is 16.4. The van der Waals surface area contributed by atoms with Crippen molar-refractivity contribution in [3.8, 4) is 11.1 Å². The van der Waals surface area contributed by atoms with E-state index < -0.39 is 5.97 Å². The molecule has 0 saturated heterocycles. The predicted octanol–water partition coefficient (Wildman–Crippen LogP) is 3.67. The molecule has 0 aromatic heterocycles. The topological polar surface area (TPSA) is 37.3 Å². The summed E-state index contributed by atoms with van der Waals surface area (Å²) >= 11 is 0. The number of benzene rings is 2. The Labute approximate surface area is 101 Å². The number of hydrogen-bond donors (Lipinski definition) is 1. The van der Waals surface area contributed by atoms with Gasteiger partial charge in [-0.05, 0) is 42.7 Å². The molecule has 0 aliphatic rings. The zero-order chi connectivity index (χ0) is 12.4. The van der Waals surface area contributed by atoms with Crippen LogP contribution < -0.4 is 0 Å². The third-order valence-corrected chi connectivity index (χ3v) is 2.68. The third kappa shape index (κ3) is 2.53. The lowest BCUT2D eigenvalue weighted by Gasteiger charge is -2.06. The molecule has 2 nitrogen and oxygen atoms in total. The van der Waals surface area contributed by atoms with Gasteiger partial charge in [-0.15, -0.1) is 0 Å². The van der Waals surface area contributed by atoms with Gasteiger partial charge in [0, 0.05) is 0 Å². The van der Waals surface area contributed by atoms with Crippen molar-refractivity contribution in [2.75, 3.05) is 0 Å². The summed E-state index contributed by atoms with van der Waals surface area (Å²) < 4.78 is 0. The molecule has 0 atom stereocenters. The molecule has 0 aliphatic heterocycles. The molecule has 0 radical (unpaired) electrons. The summed E-state index contributed by atoms with van der Waals surface area (Å²) in [6.07, 6.45) is 0. The number of carboxylic acid groups (broad SMARTS) is 1. The van der Waals surface area contributed by atoms with Gasteiger partial charge in [-0.2, -0.15) is 0 Å². The normalized spacial score (nSPS) is 10.2. The van der Waals surface area contributed by atoms with Crippen molar-refractivity contribution in [2.24, 2.45) is 0 Å². The highest BCUT2D eigenvalue weighted by Crippen LogP contribution is 2.23. The fraction of sp³-hybridized carbons (Fsp3) is 0.133. The number of rotatable bonds is 2. The van der Waals surface area contributed by atoms with E-state index >= 15 is 0 Å². The molecule has 0 fully saturated rings. The quantitative estimate of drug-likeness (QED) is 0.848. The lowest BCUT2D eigenvalue weighted by molar-refractivity contribution is 0.0697. The molecule has 2 heteroatoms. The number of aryl methyl sites for hydroxylation is 2. The van der Waals surface area contributed by atoms with E-state index in [0.717, 1.165) is 16.7 Å². The molecule has 0 spiro atoms. The monoisotopic (exact) mass is 226 g/mol. The van der Waals surface area contributed by atoms with Crippen LogP contribution in [-0.4, -0.2) is 11.1 Å². The molecule has 1 N–H and O–H groups in total. The predicted molar refractivity (Wildman–Crippen MR) is 68.3 cm³/mol. The SMILES string of the molecule is Cc1cccc(-c2cc(C)cc(C(=O)O)c2)c1. The van der Waals surface area contributed by atoms with Crippen molar-refractivity contribution < 1.29 is 9.90 Å². The minimum atomic E-state index is -0.886. The van der Waals surface area contributed by atoms with Gasteiger partial charge in [0.15, 0.2) is 0 Å². The Morgan fingerprint density at radius 3 is 2.29 bits per heavy atom. The molecule has 86 valence electrons. The maximum atomic E-state index is 11.0. The molecular formula is C15H14O2. The van der Waals surface area contributed by atoms with Crippen molar-refractivity contribution in [1.29, 1.82) is 0 Å². The molecule has 0 heterocycles. The van der Waals surface area contributed by atoms with Gasteiger partial charge >= 0.3 is 5.97 Å². The summed E-state index contributed by atoms with van der Waals surface area (Å²) in [5.41, 5.74) is 4.46. The van der Waals surface area contributed by atoms with Crippen molar-refractivity contribution in [2.45, 2.75) is 13.8 Å². The molecule has 17 heavy (non-hydrogen) atoms. The van der Waals surface area contributed by atoms with Crippen LogP contribution in [0.5, 0.6) is 0 Å². The van der Waals surface area contributed by atoms with Gasteiger partial charge in [0.1, 0.15) is 0 Å². The summed E-state index contributed by atoms with van der Waals surface area (Å²) in [4.78, 5) is 11.0. The van der Waals surface area contributed by atoms with Crippen molar-refractivity contribution in [3.05, 3.63) is 59.2 Å². The minimum Gasteiger partial charge on any atom is -0.478 e. The summed E-state index contributed by atoms with van der Waals surface area (Å²) in [6, 6.07) is 13.5. The molecule has 0 aliphatic carbocycles. The Morgan fingerprint density at radius 1 is 0.941 bits per heavy atom. The van der Waals surface area contributed by atoms with Gasteiger partial charge in [-0.1, -0.05) is 35.9 Å². The van der Waals surface area contributed by atoms with Crippen LogP contribution in [0, 0.1) is 13.8 Å². The van der Waals surface area contributed by atoms with E-state index in [4.69, 9.17) is 5.11 Å². The average Bonchev–Trinajstić information content (AvgIpc) is 2.28. The highest BCUT2D eigenvalue weighted by Gasteiger charge is 2.06. The first-order valence-electron chi connectivity index (χ1n) is 5.48. The highest BCUT2D eigenvalue weighted by molar-refractivity contribution is 5.89. The second-order valence-corrected chi connectivity index (χ2v) is 4.26. The molecule has 2 rings (SSSR count). The molecular weight excluding hydrogens is 212 g/mol. The Kier molecular flexibility index (Phi) is 2.96. The second kappa shape index (κ2) is 4.42. The van der Waals surface area contributed by atoms with Crippen molar-refractivity contribution >= 4 is 5.97 Å². The zero-order valence-electron chi connectivity index (χ0n) is 9.90. The molecule has 0 amide bonds. The van der Waals surface area contributed by atoms with E-state index in [-0.39, 0.29) is 0 Å². The molecule has 2 aromatic carbocycles. The fourth-order valence-electron chi connectivity index (χ4n) is 1.90. The largest absolute Gasteiger partial charge is 0.478 e. The van der Waals surface area contributed by atoms with Crippen LogP contribution >= 0.6 is 0 Å². The van der Waals surface area contributed by atoms with Crippen LogP contribution in [0.1, 0.15) is 21.5 Å². The molecule has 0 bridgehead atoms. The van der Waals surface area contributed by atoms with Gasteiger partial charge in [0.25, 0.3) is 0 Å². The van der Waals surface area contributed by atoms with E-state index in [0.29, 0.717) is 5.56 Å². The van der Waals surface area contributed by atoms with Crippen molar-refractivity contribution in [3.63, 3.8) is 0 Å². The Bertz CT molecular complexity index is 571. The number of carbonyl (C=O) groups is 1. The molecule has 2 aromatic rings. The van der Waals surface area contributed by atoms with Crippen LogP contribution in [0.3, 0.4) is 0 Å². The van der Waals surface area contributed by atoms with E-state index in [1.165, 1.54) is 5.56 Å². The van der Waals surface area contributed by atoms with E-state index in [1.54, 1.807) is 12.1 Å². The van der Waals surface area contributed by atoms with E-state index in [9.17, 15) is 4.79 Å². The first kappa shape index (κ1) is 11.4. The van der Waals surface area contributed by atoms with Crippen LogP contribution in [0.4, 0.5) is 0 Å². The van der Waals surface area contributed by atoms with Gasteiger partial charge in [0.05, 0.1) is 5.56 Å². The Hall–Kier alpha value is -2.09. The summed E-state index contributed by atoms with van der Waals surface area (Å²) in [5, 5.41) is 9.04. The van der Waals surface area contributed by atoms with E-state index in [2.05, 4.69) is 6.07 Å². The second-order valence-electron chi connectivity index (χ2n) is 4.26. The fourth-order valence-corrected chi connectivity index (χ4v) is 1.90. The lowest BCUT2D eigenvalue weighted by atomic mass is 9.99. The number of aromatic carboxylic acids is 1. The number of carboxylic acids is 1. The number of hydrogen-bond acceptors (Lipinski definition) is 1. The minimum absolute atomic E-state index is 0.335. The molecule has 0 saturated carbocycles. The maximum absolute atomic E-state index is 11.0. The van der Waals surface area contributed by atoms with Gasteiger partial charge in [0.2, 0.25) is 0 Å². The van der Waals surface area contributed by atoms with E-state index in [1.807, 2.05) is 38.1 Å². The van der Waals surface area contributed by atoms with Gasteiger partial charge < -0.3 is 5.11 Å². The van der Waals surface area contributed by atoms with Crippen molar-refractivity contribution in [1.82, 2.24) is 0 Å². The maximum Gasteiger partial charge on any atom is 0.335 e. The first-order valence-corrected chi connectivity index (χ1v) is 5.48. The average molecular weight is 226 g/mol. The summed E-state index contributed by atoms with van der Waals surface area (Å²) in [5.74, 6) is -0.886. The Balaban J connectivity index is 2.56. The van der Waals surface area contributed by atoms with Gasteiger partial charge in [-0.3, -0.25) is 0 Å². The summed E-state index contributed by atoms with van der Waals surface area (Å²) in [7, 11) is 0. The standard InChI is InChI=1S/C15H14O2/c1-10-4-3-5-12(6-10)13-7-11(2)8-14(9-13)15(16)17/h3-9H,1-2H3,(H,16,17). The third-order valence-electron chi connectivity index (χ3n) is 2.68. The lowest BCUT2D eigenvalue weighted by Crippen LogP contribution is -1.97. The van der Waals surface area contributed by atoms with Gasteiger partial charge in [-0.25, -0.2) is 4.79 Å². The summed E-state index contributed by atoms with van der Waals surface area (Å²) in [6.45, 7) is 3.93. The van der Waals surface area contributed by atoms with Crippen LogP contribution in [0.25, 0.3) is 11.1 Å². The smallest absolute Gasteiger partial charge is 0.335 e. The van der Waals surface area contributed by atoms with Crippen LogP contribution in [0.2, 0.25) is 0 Å². The van der Waals surface area contributed by atoms with Crippen LogP contribution in [0.15, 0.2) is 42.5 Å².